The molecule has 0 saturated heterocycles. The molecular formula is C18H13ClN4O3S. The van der Waals surface area contributed by atoms with Crippen LogP contribution >= 0.6 is 11.6 Å². The van der Waals surface area contributed by atoms with E-state index in [4.69, 9.17) is 23.9 Å². The third-order valence-electron chi connectivity index (χ3n) is 4.62. The van der Waals surface area contributed by atoms with E-state index in [0.29, 0.717) is 23.4 Å². The quantitative estimate of drug-likeness (QED) is 0.510. The largest absolute Gasteiger partial charge is 0.399 e. The molecule has 1 aliphatic rings. The number of pyridine rings is 1. The van der Waals surface area contributed by atoms with Crippen LogP contribution in [-0.2, 0) is 16.4 Å². The number of nitrogens with two attached hydrogens (primary N) is 1. The second kappa shape index (κ2) is 6.01. The number of fused-ring (bicyclic) bond motifs is 2. The van der Waals surface area contributed by atoms with Crippen LogP contribution in [0.4, 0.5) is 17.1 Å². The number of halogens is 1. The molecule has 7 nitrogen and oxygen atoms in total. The topological polar surface area (TPSA) is 101 Å². The molecule has 0 fully saturated rings. The number of aromatic nitrogens is 1. The van der Waals surface area contributed by atoms with Crippen LogP contribution in [0.5, 0.6) is 0 Å². The van der Waals surface area contributed by atoms with E-state index in [1.54, 1.807) is 0 Å². The van der Waals surface area contributed by atoms with Gasteiger partial charge in [0, 0.05) is 34.9 Å². The first-order valence-corrected chi connectivity index (χ1v) is 9.79. The Bertz CT molecular complexity index is 1310. The van der Waals surface area contributed by atoms with E-state index in [0.717, 1.165) is 0 Å². The summed E-state index contributed by atoms with van der Waals surface area (Å²) >= 11 is 6.21. The van der Waals surface area contributed by atoms with E-state index >= 15 is 0 Å². The molecule has 3 N–H and O–H groups in total. The van der Waals surface area contributed by atoms with Crippen LogP contribution in [0.15, 0.2) is 46.2 Å². The molecule has 4 rings (SSSR count). The van der Waals surface area contributed by atoms with Crippen LogP contribution in [0.2, 0.25) is 5.02 Å². The fourth-order valence-electron chi connectivity index (χ4n) is 3.39. The van der Waals surface area contributed by atoms with Gasteiger partial charge in [0.05, 0.1) is 16.5 Å². The van der Waals surface area contributed by atoms with Gasteiger partial charge in [0.1, 0.15) is 0 Å². The highest BCUT2D eigenvalue weighted by atomic mass is 35.5. The zero-order valence-electron chi connectivity index (χ0n) is 13.9. The summed E-state index contributed by atoms with van der Waals surface area (Å²) in [4.78, 5) is 17.9. The lowest BCUT2D eigenvalue weighted by Crippen LogP contribution is -2.29. The van der Waals surface area contributed by atoms with Crippen LogP contribution in [-0.4, -0.2) is 19.9 Å². The van der Waals surface area contributed by atoms with Gasteiger partial charge in [-0.15, -0.1) is 0 Å². The molecule has 2 heterocycles. The smallest absolute Gasteiger partial charge is 0.264 e. The third kappa shape index (κ3) is 2.55. The van der Waals surface area contributed by atoms with Gasteiger partial charge in [-0.1, -0.05) is 17.7 Å². The van der Waals surface area contributed by atoms with Crippen LogP contribution in [0.25, 0.3) is 15.6 Å². The molecule has 0 atom stereocenters. The monoisotopic (exact) mass is 400 g/mol. The molecule has 0 spiro atoms. The summed E-state index contributed by atoms with van der Waals surface area (Å²) in [6.07, 6.45) is 1.72. The van der Waals surface area contributed by atoms with Crippen molar-refractivity contribution in [1.82, 2.24) is 4.98 Å². The van der Waals surface area contributed by atoms with E-state index in [1.165, 1.54) is 40.8 Å². The third-order valence-corrected chi connectivity index (χ3v) is 6.77. The standard InChI is InChI=1S/C18H13ClN4O3S/c1-21-10-7-14(20)11-5-6-23(15(11)8-10)27(25,26)16-4-2-3-12-17(16)13(19)9-22-18(12)24/h2-4,7-9H,5-6,20H2,(H,22,24). The fraction of sp³-hybridized carbons (Fsp3) is 0.111. The summed E-state index contributed by atoms with van der Waals surface area (Å²) in [5, 5.41) is 0.501. The van der Waals surface area contributed by atoms with Gasteiger partial charge < -0.3 is 10.7 Å². The summed E-state index contributed by atoms with van der Waals surface area (Å²) in [6.45, 7) is 7.39. The number of nitrogen functional groups attached to an aromatic ring is 1. The van der Waals surface area contributed by atoms with Crippen molar-refractivity contribution in [2.75, 3.05) is 16.6 Å². The van der Waals surface area contributed by atoms with Gasteiger partial charge in [-0.05, 0) is 36.2 Å². The SMILES string of the molecule is [C-]#[N+]c1cc(N)c2c(c1)N(S(=O)(=O)c1cccc3c(=O)[nH]cc(Cl)c13)CC2. The van der Waals surface area contributed by atoms with Gasteiger partial charge >= 0.3 is 0 Å². The predicted molar refractivity (Wildman–Crippen MR) is 105 cm³/mol. The Labute approximate surface area is 159 Å². The van der Waals surface area contributed by atoms with Crippen molar-refractivity contribution in [2.45, 2.75) is 11.3 Å². The first-order chi connectivity index (χ1) is 12.8. The number of aromatic amines is 1. The maximum atomic E-state index is 13.4. The van der Waals surface area contributed by atoms with Gasteiger partial charge in [0.2, 0.25) is 0 Å². The van der Waals surface area contributed by atoms with Crippen LogP contribution in [0, 0.1) is 6.57 Å². The number of hydrogen-bond acceptors (Lipinski definition) is 4. The van der Waals surface area contributed by atoms with Gasteiger partial charge in [-0.3, -0.25) is 9.10 Å². The second-order valence-electron chi connectivity index (χ2n) is 6.12. The van der Waals surface area contributed by atoms with Crippen molar-refractivity contribution in [3.8, 4) is 0 Å². The number of sulfonamides is 1. The molecular weight excluding hydrogens is 388 g/mol. The van der Waals surface area contributed by atoms with Crippen molar-refractivity contribution in [3.05, 3.63) is 68.9 Å². The Morgan fingerprint density at radius 3 is 2.81 bits per heavy atom. The summed E-state index contributed by atoms with van der Waals surface area (Å²) in [6, 6.07) is 7.50. The molecule has 1 aliphatic heterocycles. The highest BCUT2D eigenvalue weighted by Gasteiger charge is 2.33. The average molecular weight is 401 g/mol. The molecule has 0 unspecified atom stereocenters. The Morgan fingerprint density at radius 1 is 1.30 bits per heavy atom. The Balaban J connectivity index is 1.98. The highest BCUT2D eigenvalue weighted by Crippen LogP contribution is 2.40. The molecule has 0 aliphatic carbocycles. The maximum absolute atomic E-state index is 13.4. The lowest BCUT2D eigenvalue weighted by atomic mass is 10.1. The molecule has 9 heteroatoms. The number of rotatable bonds is 2. The number of nitrogens with zero attached hydrogens (tertiary/aromatic N) is 2. The highest BCUT2D eigenvalue weighted by molar-refractivity contribution is 7.93. The molecule has 136 valence electrons. The minimum atomic E-state index is -4.02. The zero-order chi connectivity index (χ0) is 19.3. The van der Waals surface area contributed by atoms with Crippen LogP contribution < -0.4 is 15.6 Å². The van der Waals surface area contributed by atoms with Crippen molar-refractivity contribution in [2.24, 2.45) is 0 Å². The first-order valence-electron chi connectivity index (χ1n) is 7.97. The summed E-state index contributed by atoms with van der Waals surface area (Å²) < 4.78 is 28.1. The Kier molecular flexibility index (Phi) is 3.87. The Hall–Kier alpha value is -3.02. The van der Waals surface area contributed by atoms with Crippen molar-refractivity contribution < 1.29 is 8.42 Å². The molecule has 0 amide bonds. The van der Waals surface area contributed by atoms with E-state index < -0.39 is 15.6 Å². The summed E-state index contributed by atoms with van der Waals surface area (Å²) in [5.74, 6) is 0. The number of nitrogens with one attached hydrogen (secondary N) is 1. The summed E-state index contributed by atoms with van der Waals surface area (Å²) in [5.41, 5.74) is 7.31. The molecule has 2 aromatic carbocycles. The van der Waals surface area contributed by atoms with Crippen LogP contribution in [0.3, 0.4) is 0 Å². The predicted octanol–water partition coefficient (Wildman–Crippen LogP) is 3.07. The van der Waals surface area contributed by atoms with E-state index in [-0.39, 0.29) is 32.9 Å². The summed E-state index contributed by atoms with van der Waals surface area (Å²) in [7, 11) is -4.02. The first kappa shape index (κ1) is 17.4. The van der Waals surface area contributed by atoms with Gasteiger partial charge in [-0.2, -0.15) is 0 Å². The normalized spacial score (nSPS) is 13.6. The number of H-pyrrole nitrogens is 1. The molecule has 1 aromatic heterocycles. The minimum Gasteiger partial charge on any atom is -0.399 e. The molecule has 3 aromatic rings. The Morgan fingerprint density at radius 2 is 2.07 bits per heavy atom. The van der Waals surface area contributed by atoms with Gasteiger partial charge in [-0.25, -0.2) is 13.3 Å². The molecule has 0 saturated carbocycles. The number of benzene rings is 2. The minimum absolute atomic E-state index is 0.0595. The molecule has 27 heavy (non-hydrogen) atoms. The van der Waals surface area contributed by atoms with Gasteiger partial charge in [0.25, 0.3) is 15.6 Å². The molecule has 0 radical (unpaired) electrons. The zero-order valence-corrected chi connectivity index (χ0v) is 15.4. The number of anilines is 2. The van der Waals surface area contributed by atoms with Crippen molar-refractivity contribution in [3.63, 3.8) is 0 Å². The van der Waals surface area contributed by atoms with E-state index in [1.807, 2.05) is 0 Å². The van der Waals surface area contributed by atoms with Crippen LogP contribution in [0.1, 0.15) is 5.56 Å². The van der Waals surface area contributed by atoms with Crippen molar-refractivity contribution in [1.29, 1.82) is 0 Å². The average Bonchev–Trinajstić information content (AvgIpc) is 3.09. The van der Waals surface area contributed by atoms with E-state index in [2.05, 4.69) is 9.83 Å². The second-order valence-corrected chi connectivity index (χ2v) is 8.35. The lowest BCUT2D eigenvalue weighted by molar-refractivity contribution is 0.593. The van der Waals surface area contributed by atoms with Gasteiger partial charge in [0.15, 0.2) is 5.69 Å². The van der Waals surface area contributed by atoms with E-state index in [9.17, 15) is 13.2 Å². The lowest BCUT2D eigenvalue weighted by Gasteiger charge is -2.21. The van der Waals surface area contributed by atoms with Crippen molar-refractivity contribution >= 4 is 49.5 Å². The maximum Gasteiger partial charge on any atom is 0.264 e. The fourth-order valence-corrected chi connectivity index (χ4v) is 5.42. The molecule has 0 bridgehead atoms. The number of hydrogen-bond donors (Lipinski definition) is 2.